The third kappa shape index (κ3) is 4.83. The molecule has 24 heavy (non-hydrogen) atoms. The second-order valence-corrected chi connectivity index (χ2v) is 6.13. The van der Waals surface area contributed by atoms with E-state index >= 15 is 0 Å². The van der Waals surface area contributed by atoms with Gasteiger partial charge in [-0.1, -0.05) is 42.5 Å². The minimum atomic E-state index is -0.443. The second kappa shape index (κ2) is 8.50. The van der Waals surface area contributed by atoms with Crippen LogP contribution < -0.4 is 4.74 Å². The quantitative estimate of drug-likeness (QED) is 0.731. The zero-order valence-corrected chi connectivity index (χ0v) is 14.7. The van der Waals surface area contributed by atoms with Gasteiger partial charge in [0.25, 0.3) is 0 Å². The van der Waals surface area contributed by atoms with E-state index in [1.807, 2.05) is 80.5 Å². The molecule has 2 atom stereocenters. The molecule has 0 saturated carbocycles. The van der Waals surface area contributed by atoms with Gasteiger partial charge in [0.2, 0.25) is 0 Å². The van der Waals surface area contributed by atoms with Crippen molar-refractivity contribution in [3.63, 3.8) is 0 Å². The lowest BCUT2D eigenvalue weighted by Crippen LogP contribution is -2.30. The average molecular weight is 327 g/mol. The van der Waals surface area contributed by atoms with Crippen LogP contribution in [0.5, 0.6) is 5.75 Å². The first-order valence-electron chi connectivity index (χ1n) is 8.05. The predicted octanol–water partition coefficient (Wildman–Crippen LogP) is 3.32. The zero-order valence-electron chi connectivity index (χ0n) is 14.7. The Morgan fingerprint density at radius 1 is 1.00 bits per heavy atom. The average Bonchev–Trinajstić information content (AvgIpc) is 2.56. The van der Waals surface area contributed by atoms with Crippen molar-refractivity contribution >= 4 is 5.97 Å². The van der Waals surface area contributed by atoms with Crippen molar-refractivity contribution in [1.82, 2.24) is 4.90 Å². The molecule has 0 bridgehead atoms. The first-order chi connectivity index (χ1) is 11.5. The Morgan fingerprint density at radius 3 is 2.12 bits per heavy atom. The fourth-order valence-corrected chi connectivity index (χ4v) is 2.72. The van der Waals surface area contributed by atoms with E-state index in [0.29, 0.717) is 6.54 Å². The summed E-state index contributed by atoms with van der Waals surface area (Å²) in [7, 11) is 5.55. The monoisotopic (exact) mass is 327 g/mol. The van der Waals surface area contributed by atoms with Crippen LogP contribution in [-0.4, -0.2) is 44.7 Å². The van der Waals surface area contributed by atoms with Gasteiger partial charge >= 0.3 is 5.97 Å². The fourth-order valence-electron chi connectivity index (χ4n) is 2.72. The molecule has 0 saturated heterocycles. The van der Waals surface area contributed by atoms with Gasteiger partial charge in [0.05, 0.1) is 7.11 Å². The van der Waals surface area contributed by atoms with Crippen LogP contribution >= 0.6 is 0 Å². The van der Waals surface area contributed by atoms with E-state index in [-0.39, 0.29) is 12.1 Å². The van der Waals surface area contributed by atoms with Crippen LogP contribution in [0.25, 0.3) is 0 Å². The molecular weight excluding hydrogens is 302 g/mol. The summed E-state index contributed by atoms with van der Waals surface area (Å²) in [6.45, 7) is 2.60. The first kappa shape index (κ1) is 18.0. The highest BCUT2D eigenvalue weighted by molar-refractivity contribution is 5.82. The van der Waals surface area contributed by atoms with Gasteiger partial charge in [-0.15, -0.1) is 0 Å². The van der Waals surface area contributed by atoms with Gasteiger partial charge in [-0.25, -0.2) is 0 Å². The molecule has 128 valence electrons. The van der Waals surface area contributed by atoms with Crippen molar-refractivity contribution < 1.29 is 14.3 Å². The summed E-state index contributed by atoms with van der Waals surface area (Å²) in [4.78, 5) is 14.8. The van der Waals surface area contributed by atoms with Gasteiger partial charge < -0.3 is 14.4 Å². The van der Waals surface area contributed by atoms with Gasteiger partial charge in [0.1, 0.15) is 17.8 Å². The molecule has 0 aliphatic carbocycles. The van der Waals surface area contributed by atoms with Crippen LogP contribution in [0.3, 0.4) is 0 Å². The Bertz CT molecular complexity index is 638. The maximum absolute atomic E-state index is 12.8. The van der Waals surface area contributed by atoms with Gasteiger partial charge in [0.15, 0.2) is 0 Å². The highest BCUT2D eigenvalue weighted by Crippen LogP contribution is 2.28. The summed E-state index contributed by atoms with van der Waals surface area (Å²) < 4.78 is 10.9. The maximum atomic E-state index is 12.8. The van der Waals surface area contributed by atoms with E-state index in [2.05, 4.69) is 0 Å². The SMILES string of the molecule is COc1ccc([C@@H](C(=O)O[C@@H](C)CN(C)C)c2ccccc2)cc1. The normalized spacial score (nSPS) is 13.4. The van der Waals surface area contributed by atoms with Crippen molar-refractivity contribution in [3.05, 3.63) is 65.7 Å². The molecule has 0 amide bonds. The number of esters is 1. The standard InChI is InChI=1S/C20H25NO3/c1-15(14-21(2)3)24-20(22)19(16-8-6-5-7-9-16)17-10-12-18(23-4)13-11-17/h5-13,15,19H,14H2,1-4H3/t15-,19-/m0/s1. The lowest BCUT2D eigenvalue weighted by atomic mass is 9.91. The number of likely N-dealkylation sites (N-methyl/N-ethyl adjacent to an activating group) is 1. The van der Waals surface area contributed by atoms with E-state index in [9.17, 15) is 4.79 Å². The second-order valence-electron chi connectivity index (χ2n) is 6.13. The van der Waals surface area contributed by atoms with E-state index in [1.54, 1.807) is 7.11 Å². The van der Waals surface area contributed by atoms with Crippen LogP contribution in [0.1, 0.15) is 24.0 Å². The smallest absolute Gasteiger partial charge is 0.318 e. The number of rotatable bonds is 7. The fraction of sp³-hybridized carbons (Fsp3) is 0.350. The van der Waals surface area contributed by atoms with Gasteiger partial charge in [-0.3, -0.25) is 4.79 Å². The largest absolute Gasteiger partial charge is 0.497 e. The number of carbonyl (C=O) groups is 1. The Kier molecular flexibility index (Phi) is 6.38. The lowest BCUT2D eigenvalue weighted by molar-refractivity contribution is -0.149. The van der Waals surface area contributed by atoms with Crippen molar-refractivity contribution in [2.75, 3.05) is 27.7 Å². The van der Waals surface area contributed by atoms with Crippen LogP contribution in [0, 0.1) is 0 Å². The summed E-state index contributed by atoms with van der Waals surface area (Å²) >= 11 is 0. The third-order valence-corrected chi connectivity index (χ3v) is 3.76. The third-order valence-electron chi connectivity index (χ3n) is 3.76. The van der Waals surface area contributed by atoms with Crippen molar-refractivity contribution in [2.24, 2.45) is 0 Å². The van der Waals surface area contributed by atoms with Gasteiger partial charge in [-0.05, 0) is 44.3 Å². The molecule has 4 heteroatoms. The van der Waals surface area contributed by atoms with Crippen molar-refractivity contribution in [2.45, 2.75) is 18.9 Å². The molecule has 0 radical (unpaired) electrons. The number of benzene rings is 2. The number of nitrogens with zero attached hydrogens (tertiary/aromatic N) is 1. The molecule has 0 heterocycles. The van der Waals surface area contributed by atoms with Gasteiger partial charge in [0, 0.05) is 6.54 Å². The molecule has 4 nitrogen and oxygen atoms in total. The van der Waals surface area contributed by atoms with Crippen LogP contribution in [0.2, 0.25) is 0 Å². The first-order valence-corrected chi connectivity index (χ1v) is 8.05. The summed E-state index contributed by atoms with van der Waals surface area (Å²) in [5, 5.41) is 0. The van der Waals surface area contributed by atoms with Crippen LogP contribution in [0.15, 0.2) is 54.6 Å². The molecule has 0 aliphatic heterocycles. The van der Waals surface area contributed by atoms with E-state index in [1.165, 1.54) is 0 Å². The lowest BCUT2D eigenvalue weighted by Gasteiger charge is -2.22. The molecule has 2 rings (SSSR count). The van der Waals surface area contributed by atoms with Crippen LogP contribution in [0.4, 0.5) is 0 Å². The Labute approximate surface area is 144 Å². The van der Waals surface area contributed by atoms with E-state index in [0.717, 1.165) is 16.9 Å². The molecule has 2 aromatic rings. The molecule has 0 aromatic heterocycles. The number of ether oxygens (including phenoxy) is 2. The number of hydrogen-bond acceptors (Lipinski definition) is 4. The highest BCUT2D eigenvalue weighted by Gasteiger charge is 2.26. The predicted molar refractivity (Wildman–Crippen MR) is 95.4 cm³/mol. The van der Waals surface area contributed by atoms with Gasteiger partial charge in [-0.2, -0.15) is 0 Å². The topological polar surface area (TPSA) is 38.8 Å². The number of hydrogen-bond donors (Lipinski definition) is 0. The Hall–Kier alpha value is -2.33. The Morgan fingerprint density at radius 2 is 1.58 bits per heavy atom. The summed E-state index contributed by atoms with van der Waals surface area (Å²) in [6.07, 6.45) is -0.169. The van der Waals surface area contributed by atoms with E-state index < -0.39 is 5.92 Å². The maximum Gasteiger partial charge on any atom is 0.318 e. The summed E-state index contributed by atoms with van der Waals surface area (Å²) in [5.74, 6) is 0.0855. The highest BCUT2D eigenvalue weighted by atomic mass is 16.5. The minimum Gasteiger partial charge on any atom is -0.497 e. The number of methoxy groups -OCH3 is 1. The Balaban J connectivity index is 2.27. The molecule has 0 unspecified atom stereocenters. The van der Waals surface area contributed by atoms with Crippen LogP contribution in [-0.2, 0) is 9.53 Å². The molecule has 0 spiro atoms. The molecular formula is C20H25NO3. The summed E-state index contributed by atoms with van der Waals surface area (Å²) in [6, 6.07) is 17.3. The van der Waals surface area contributed by atoms with E-state index in [4.69, 9.17) is 9.47 Å². The van der Waals surface area contributed by atoms with Crippen molar-refractivity contribution in [1.29, 1.82) is 0 Å². The molecule has 0 N–H and O–H groups in total. The molecule has 0 aliphatic rings. The summed E-state index contributed by atoms with van der Waals surface area (Å²) in [5.41, 5.74) is 1.81. The molecule has 0 fully saturated rings. The van der Waals surface area contributed by atoms with Crippen molar-refractivity contribution in [3.8, 4) is 5.75 Å². The minimum absolute atomic E-state index is 0.169. The molecule has 2 aromatic carbocycles. The number of carbonyl (C=O) groups excluding carboxylic acids is 1. The zero-order chi connectivity index (χ0) is 17.5.